The fourth-order valence-corrected chi connectivity index (χ4v) is 3.23. The lowest BCUT2D eigenvalue weighted by Crippen LogP contribution is -2.45. The van der Waals surface area contributed by atoms with E-state index in [-0.39, 0.29) is 23.7 Å². The molecule has 1 aliphatic carbocycles. The Morgan fingerprint density at radius 1 is 1.25 bits per heavy atom. The Labute approximate surface area is 143 Å². The van der Waals surface area contributed by atoms with E-state index in [0.717, 1.165) is 43.5 Å². The van der Waals surface area contributed by atoms with E-state index in [1.807, 2.05) is 36.1 Å². The molecule has 2 amide bonds. The third-order valence-corrected chi connectivity index (χ3v) is 4.71. The van der Waals surface area contributed by atoms with Gasteiger partial charge in [-0.1, -0.05) is 12.1 Å². The SMILES string of the molecule is CCOc1cccc(CNC(=O)[C@H]2CCCN(C(=O)C3CC3)C2)c1. The smallest absolute Gasteiger partial charge is 0.225 e. The highest BCUT2D eigenvalue weighted by molar-refractivity contribution is 5.83. The van der Waals surface area contributed by atoms with Crippen molar-refractivity contribution in [3.63, 3.8) is 0 Å². The van der Waals surface area contributed by atoms with Gasteiger partial charge in [0.05, 0.1) is 12.5 Å². The van der Waals surface area contributed by atoms with E-state index >= 15 is 0 Å². The summed E-state index contributed by atoms with van der Waals surface area (Å²) in [6, 6.07) is 7.78. The van der Waals surface area contributed by atoms with Crippen LogP contribution in [-0.2, 0) is 16.1 Å². The summed E-state index contributed by atoms with van der Waals surface area (Å²) in [6.45, 7) is 4.44. The summed E-state index contributed by atoms with van der Waals surface area (Å²) >= 11 is 0. The van der Waals surface area contributed by atoms with Gasteiger partial charge in [0.1, 0.15) is 5.75 Å². The van der Waals surface area contributed by atoms with Gasteiger partial charge in [0.15, 0.2) is 0 Å². The summed E-state index contributed by atoms with van der Waals surface area (Å²) in [4.78, 5) is 26.5. The largest absolute Gasteiger partial charge is 0.494 e. The van der Waals surface area contributed by atoms with Crippen LogP contribution < -0.4 is 10.1 Å². The number of hydrogen-bond donors (Lipinski definition) is 1. The zero-order chi connectivity index (χ0) is 16.9. The summed E-state index contributed by atoms with van der Waals surface area (Å²) in [7, 11) is 0. The first-order chi connectivity index (χ1) is 11.7. The second-order valence-electron chi connectivity index (χ2n) is 6.70. The molecule has 2 aliphatic rings. The Balaban J connectivity index is 1.50. The van der Waals surface area contributed by atoms with Gasteiger partial charge in [0, 0.05) is 25.6 Å². The molecule has 130 valence electrons. The lowest BCUT2D eigenvalue weighted by atomic mass is 9.96. The van der Waals surface area contributed by atoms with Crippen molar-refractivity contribution in [2.24, 2.45) is 11.8 Å². The van der Waals surface area contributed by atoms with Crippen LogP contribution in [0.15, 0.2) is 24.3 Å². The number of hydrogen-bond acceptors (Lipinski definition) is 3. The number of ether oxygens (including phenoxy) is 1. The van der Waals surface area contributed by atoms with Gasteiger partial charge in [0.2, 0.25) is 11.8 Å². The number of rotatable bonds is 6. The lowest BCUT2D eigenvalue weighted by molar-refractivity contribution is -0.136. The molecule has 2 fully saturated rings. The predicted octanol–water partition coefficient (Wildman–Crippen LogP) is 2.35. The van der Waals surface area contributed by atoms with Crippen LogP contribution in [0.1, 0.15) is 38.2 Å². The fourth-order valence-electron chi connectivity index (χ4n) is 3.23. The summed E-state index contributed by atoms with van der Waals surface area (Å²) in [5, 5.41) is 3.01. The predicted molar refractivity (Wildman–Crippen MR) is 91.5 cm³/mol. The van der Waals surface area contributed by atoms with Gasteiger partial charge >= 0.3 is 0 Å². The third kappa shape index (κ3) is 4.28. The molecule has 0 unspecified atom stereocenters. The van der Waals surface area contributed by atoms with Gasteiger partial charge in [-0.3, -0.25) is 9.59 Å². The minimum Gasteiger partial charge on any atom is -0.494 e. The van der Waals surface area contributed by atoms with E-state index in [1.165, 1.54) is 0 Å². The van der Waals surface area contributed by atoms with E-state index in [0.29, 0.717) is 19.7 Å². The summed E-state index contributed by atoms with van der Waals surface area (Å²) < 4.78 is 5.48. The van der Waals surface area contributed by atoms with Crippen LogP contribution in [0.5, 0.6) is 5.75 Å². The van der Waals surface area contributed by atoms with E-state index in [1.54, 1.807) is 0 Å². The highest BCUT2D eigenvalue weighted by atomic mass is 16.5. The number of nitrogens with one attached hydrogen (secondary N) is 1. The minimum absolute atomic E-state index is 0.0464. The molecule has 5 nitrogen and oxygen atoms in total. The molecule has 1 atom stereocenters. The van der Waals surface area contributed by atoms with Crippen LogP contribution >= 0.6 is 0 Å². The lowest BCUT2D eigenvalue weighted by Gasteiger charge is -2.32. The monoisotopic (exact) mass is 330 g/mol. The molecule has 1 heterocycles. The molecule has 1 aliphatic heterocycles. The molecule has 0 spiro atoms. The van der Waals surface area contributed by atoms with Crippen LogP contribution in [0.25, 0.3) is 0 Å². The molecule has 5 heteroatoms. The number of piperidine rings is 1. The summed E-state index contributed by atoms with van der Waals surface area (Å²) in [5.41, 5.74) is 1.02. The zero-order valence-corrected chi connectivity index (χ0v) is 14.3. The number of nitrogens with zero attached hydrogens (tertiary/aromatic N) is 1. The molecule has 1 N–H and O–H groups in total. The first-order valence-corrected chi connectivity index (χ1v) is 8.95. The number of carbonyl (C=O) groups is 2. The van der Waals surface area contributed by atoms with Gasteiger partial charge in [0.25, 0.3) is 0 Å². The number of amides is 2. The standard InChI is InChI=1S/C19H26N2O3/c1-2-24-17-7-3-5-14(11-17)12-20-18(22)16-6-4-10-21(13-16)19(23)15-8-9-15/h3,5,7,11,15-16H,2,4,6,8-10,12-13H2,1H3,(H,20,22)/t16-/m0/s1. The Morgan fingerprint density at radius 3 is 2.83 bits per heavy atom. The Kier molecular flexibility index (Phi) is 5.38. The van der Waals surface area contributed by atoms with Crippen LogP contribution in [0.3, 0.4) is 0 Å². The van der Waals surface area contributed by atoms with Crippen molar-refractivity contribution in [3.05, 3.63) is 29.8 Å². The second kappa shape index (κ2) is 7.69. The van der Waals surface area contributed by atoms with Crippen molar-refractivity contribution in [3.8, 4) is 5.75 Å². The molecular formula is C19H26N2O3. The van der Waals surface area contributed by atoms with Gasteiger partial charge in [-0.25, -0.2) is 0 Å². The summed E-state index contributed by atoms with van der Waals surface area (Å²) in [6.07, 6.45) is 3.81. The highest BCUT2D eigenvalue weighted by Crippen LogP contribution is 2.32. The van der Waals surface area contributed by atoms with Crippen molar-refractivity contribution < 1.29 is 14.3 Å². The second-order valence-corrected chi connectivity index (χ2v) is 6.70. The van der Waals surface area contributed by atoms with Crippen molar-refractivity contribution in [1.82, 2.24) is 10.2 Å². The van der Waals surface area contributed by atoms with Crippen molar-refractivity contribution >= 4 is 11.8 Å². The maximum Gasteiger partial charge on any atom is 0.225 e. The maximum atomic E-state index is 12.5. The molecule has 1 aromatic rings. The summed E-state index contributed by atoms with van der Waals surface area (Å²) in [5.74, 6) is 1.26. The third-order valence-electron chi connectivity index (χ3n) is 4.71. The first kappa shape index (κ1) is 16.8. The normalized spacial score (nSPS) is 20.5. The van der Waals surface area contributed by atoms with Crippen molar-refractivity contribution in [2.75, 3.05) is 19.7 Å². The van der Waals surface area contributed by atoms with Crippen molar-refractivity contribution in [1.29, 1.82) is 0 Å². The molecule has 1 saturated carbocycles. The molecule has 1 saturated heterocycles. The van der Waals surface area contributed by atoms with Gasteiger partial charge in [-0.2, -0.15) is 0 Å². The van der Waals surface area contributed by atoms with Crippen LogP contribution in [0.2, 0.25) is 0 Å². The number of benzene rings is 1. The first-order valence-electron chi connectivity index (χ1n) is 8.95. The Morgan fingerprint density at radius 2 is 2.08 bits per heavy atom. The molecule has 0 bridgehead atoms. The highest BCUT2D eigenvalue weighted by Gasteiger charge is 2.36. The van der Waals surface area contributed by atoms with Gasteiger partial charge < -0.3 is 15.0 Å². The van der Waals surface area contributed by atoms with E-state index in [9.17, 15) is 9.59 Å². The van der Waals surface area contributed by atoms with Crippen molar-refractivity contribution in [2.45, 2.75) is 39.2 Å². The van der Waals surface area contributed by atoms with Crippen LogP contribution in [0.4, 0.5) is 0 Å². The molecule has 24 heavy (non-hydrogen) atoms. The van der Waals surface area contributed by atoms with E-state index < -0.39 is 0 Å². The number of likely N-dealkylation sites (tertiary alicyclic amines) is 1. The van der Waals surface area contributed by atoms with E-state index in [4.69, 9.17) is 4.74 Å². The molecule has 0 radical (unpaired) electrons. The topological polar surface area (TPSA) is 58.6 Å². The molecule has 1 aromatic carbocycles. The molecule has 0 aromatic heterocycles. The van der Waals surface area contributed by atoms with Gasteiger partial charge in [-0.05, 0) is 50.3 Å². The number of carbonyl (C=O) groups excluding carboxylic acids is 2. The molecular weight excluding hydrogens is 304 g/mol. The average Bonchev–Trinajstić information content (AvgIpc) is 3.45. The zero-order valence-electron chi connectivity index (χ0n) is 14.3. The van der Waals surface area contributed by atoms with Gasteiger partial charge in [-0.15, -0.1) is 0 Å². The Bertz CT molecular complexity index is 598. The molecule has 3 rings (SSSR count). The van der Waals surface area contributed by atoms with E-state index in [2.05, 4.69) is 5.32 Å². The average molecular weight is 330 g/mol. The fraction of sp³-hybridized carbons (Fsp3) is 0.579. The quantitative estimate of drug-likeness (QED) is 0.871. The van der Waals surface area contributed by atoms with Crippen LogP contribution in [-0.4, -0.2) is 36.4 Å². The Hall–Kier alpha value is -2.04. The minimum atomic E-state index is -0.0866. The maximum absolute atomic E-state index is 12.5. The van der Waals surface area contributed by atoms with Crippen LogP contribution in [0, 0.1) is 11.8 Å².